The molecule has 0 aromatic carbocycles. The number of nitrogens with one attached hydrogen (secondary N) is 2. The van der Waals surface area contributed by atoms with Crippen LogP contribution in [-0.4, -0.2) is 67.6 Å². The number of anilines is 1. The SMILES string of the molecule is CN=C(NCCCN1CCCCC1C)NCc1cccnc1N1CCCC(C(N)=O)C1.I. The zero-order valence-electron chi connectivity index (χ0n) is 19.6. The van der Waals surface area contributed by atoms with Crippen LogP contribution in [0.1, 0.15) is 51.0 Å². The summed E-state index contributed by atoms with van der Waals surface area (Å²) in [5.41, 5.74) is 6.64. The van der Waals surface area contributed by atoms with Crippen molar-refractivity contribution in [3.05, 3.63) is 23.9 Å². The van der Waals surface area contributed by atoms with Crippen LogP contribution in [0.2, 0.25) is 0 Å². The zero-order chi connectivity index (χ0) is 22.1. The first-order chi connectivity index (χ1) is 15.1. The third kappa shape index (κ3) is 7.75. The van der Waals surface area contributed by atoms with E-state index in [2.05, 4.69) is 43.4 Å². The van der Waals surface area contributed by atoms with Gasteiger partial charge in [0.15, 0.2) is 5.96 Å². The van der Waals surface area contributed by atoms with Crippen LogP contribution >= 0.6 is 24.0 Å². The molecule has 2 atom stereocenters. The van der Waals surface area contributed by atoms with Crippen molar-refractivity contribution in [2.75, 3.05) is 44.7 Å². The largest absolute Gasteiger partial charge is 0.369 e. The van der Waals surface area contributed by atoms with Gasteiger partial charge >= 0.3 is 0 Å². The molecule has 3 heterocycles. The van der Waals surface area contributed by atoms with Crippen molar-refractivity contribution in [3.8, 4) is 0 Å². The number of nitrogens with two attached hydrogens (primary N) is 1. The zero-order valence-corrected chi connectivity index (χ0v) is 21.9. The molecule has 32 heavy (non-hydrogen) atoms. The van der Waals surface area contributed by atoms with Gasteiger partial charge in [-0.2, -0.15) is 0 Å². The van der Waals surface area contributed by atoms with E-state index in [4.69, 9.17) is 5.73 Å². The van der Waals surface area contributed by atoms with Crippen LogP contribution in [0.3, 0.4) is 0 Å². The van der Waals surface area contributed by atoms with Gasteiger partial charge in [-0.3, -0.25) is 9.79 Å². The summed E-state index contributed by atoms with van der Waals surface area (Å²) in [6, 6.07) is 4.74. The Morgan fingerprint density at radius 2 is 2.09 bits per heavy atom. The molecule has 9 heteroatoms. The fourth-order valence-electron chi connectivity index (χ4n) is 4.63. The molecular weight excluding hydrogens is 517 g/mol. The predicted molar refractivity (Wildman–Crippen MR) is 141 cm³/mol. The average Bonchev–Trinajstić information content (AvgIpc) is 2.80. The van der Waals surface area contributed by atoms with Crippen molar-refractivity contribution in [1.29, 1.82) is 0 Å². The first kappa shape index (κ1) is 26.6. The Morgan fingerprint density at radius 1 is 1.25 bits per heavy atom. The minimum Gasteiger partial charge on any atom is -0.369 e. The van der Waals surface area contributed by atoms with E-state index >= 15 is 0 Å². The minimum absolute atomic E-state index is 0. The standard InChI is InChI=1S/C23H39N7O.HI/c1-18-8-3-4-13-29(18)15-7-12-27-23(25-2)28-16-19-9-5-11-26-22(19)30-14-6-10-20(17-30)21(24)31;/h5,9,11,18,20H,3-4,6-8,10,12-17H2,1-2H3,(H2,24,31)(H2,25,27,28);1H. The van der Waals surface area contributed by atoms with E-state index in [9.17, 15) is 4.79 Å². The van der Waals surface area contributed by atoms with Gasteiger partial charge in [0.1, 0.15) is 5.82 Å². The van der Waals surface area contributed by atoms with Crippen molar-refractivity contribution >= 4 is 41.7 Å². The maximum Gasteiger partial charge on any atom is 0.222 e. The average molecular weight is 558 g/mol. The molecular formula is C23H40IN7O. The van der Waals surface area contributed by atoms with Gasteiger partial charge in [-0.25, -0.2) is 4.98 Å². The molecule has 0 spiro atoms. The van der Waals surface area contributed by atoms with E-state index in [0.717, 1.165) is 56.2 Å². The molecule has 8 nitrogen and oxygen atoms in total. The van der Waals surface area contributed by atoms with E-state index < -0.39 is 0 Å². The highest BCUT2D eigenvalue weighted by molar-refractivity contribution is 14.0. The predicted octanol–water partition coefficient (Wildman–Crippen LogP) is 2.33. The van der Waals surface area contributed by atoms with Crippen LogP contribution in [0.4, 0.5) is 5.82 Å². The van der Waals surface area contributed by atoms with E-state index in [0.29, 0.717) is 19.1 Å². The van der Waals surface area contributed by atoms with E-state index in [1.165, 1.54) is 25.8 Å². The Hall–Kier alpha value is -1.62. The quantitative estimate of drug-likeness (QED) is 0.197. The summed E-state index contributed by atoms with van der Waals surface area (Å²) in [5, 5.41) is 6.85. The summed E-state index contributed by atoms with van der Waals surface area (Å²) in [4.78, 5) is 25.4. The van der Waals surface area contributed by atoms with Crippen LogP contribution in [0.5, 0.6) is 0 Å². The molecule has 1 amide bonds. The van der Waals surface area contributed by atoms with Gasteiger partial charge in [0.05, 0.1) is 5.92 Å². The van der Waals surface area contributed by atoms with Gasteiger partial charge in [-0.1, -0.05) is 12.5 Å². The molecule has 2 aliphatic heterocycles. The third-order valence-electron chi connectivity index (χ3n) is 6.52. The smallest absolute Gasteiger partial charge is 0.222 e. The Kier molecular flexibility index (Phi) is 11.5. The van der Waals surface area contributed by atoms with Crippen LogP contribution < -0.4 is 21.3 Å². The van der Waals surface area contributed by atoms with Crippen LogP contribution in [0.15, 0.2) is 23.3 Å². The van der Waals surface area contributed by atoms with Crippen molar-refractivity contribution in [1.82, 2.24) is 20.5 Å². The van der Waals surface area contributed by atoms with Gasteiger partial charge in [-0.15, -0.1) is 24.0 Å². The van der Waals surface area contributed by atoms with Crippen molar-refractivity contribution in [3.63, 3.8) is 0 Å². The molecule has 2 unspecified atom stereocenters. The summed E-state index contributed by atoms with van der Waals surface area (Å²) in [6.45, 7) is 7.77. The molecule has 180 valence electrons. The lowest BCUT2D eigenvalue weighted by molar-refractivity contribution is -0.122. The molecule has 4 N–H and O–H groups in total. The summed E-state index contributed by atoms with van der Waals surface area (Å²) in [6.07, 6.45) is 8.73. The molecule has 0 radical (unpaired) electrons. The van der Waals surface area contributed by atoms with Gasteiger partial charge in [0.2, 0.25) is 5.91 Å². The first-order valence-corrected chi connectivity index (χ1v) is 11.7. The number of carbonyl (C=O) groups excluding carboxylic acids is 1. The highest BCUT2D eigenvalue weighted by atomic mass is 127. The summed E-state index contributed by atoms with van der Waals surface area (Å²) in [7, 11) is 1.80. The van der Waals surface area contributed by atoms with Gasteiger partial charge in [0.25, 0.3) is 0 Å². The van der Waals surface area contributed by atoms with Crippen molar-refractivity contribution in [2.24, 2.45) is 16.6 Å². The lowest BCUT2D eigenvalue weighted by Gasteiger charge is -2.33. The number of pyridine rings is 1. The number of halogens is 1. The van der Waals surface area contributed by atoms with E-state index in [1.807, 2.05) is 6.07 Å². The monoisotopic (exact) mass is 557 g/mol. The summed E-state index contributed by atoms with van der Waals surface area (Å²) >= 11 is 0. The second kappa shape index (κ2) is 13.8. The third-order valence-corrected chi connectivity index (χ3v) is 6.52. The number of likely N-dealkylation sites (tertiary alicyclic amines) is 1. The van der Waals surface area contributed by atoms with Crippen molar-refractivity contribution in [2.45, 2.75) is 58.0 Å². The second-order valence-corrected chi connectivity index (χ2v) is 8.76. The number of nitrogens with zero attached hydrogens (tertiary/aromatic N) is 4. The normalized spacial score (nSPS) is 22.2. The minimum atomic E-state index is -0.219. The molecule has 1 aromatic rings. The molecule has 2 fully saturated rings. The lowest BCUT2D eigenvalue weighted by Crippen LogP contribution is -2.43. The number of primary amides is 1. The number of hydrogen-bond acceptors (Lipinski definition) is 5. The number of guanidine groups is 1. The number of aromatic nitrogens is 1. The number of amides is 1. The van der Waals surface area contributed by atoms with Crippen LogP contribution in [-0.2, 0) is 11.3 Å². The second-order valence-electron chi connectivity index (χ2n) is 8.76. The Balaban J connectivity index is 0.00000363. The molecule has 3 rings (SSSR count). The van der Waals surface area contributed by atoms with E-state index in [1.54, 1.807) is 13.2 Å². The fraction of sp³-hybridized carbons (Fsp3) is 0.696. The molecule has 2 aliphatic rings. The summed E-state index contributed by atoms with van der Waals surface area (Å²) < 4.78 is 0. The molecule has 0 bridgehead atoms. The van der Waals surface area contributed by atoms with Crippen molar-refractivity contribution < 1.29 is 4.79 Å². The van der Waals surface area contributed by atoms with Gasteiger partial charge in [0, 0.05) is 57.6 Å². The molecule has 0 aliphatic carbocycles. The number of hydrogen-bond donors (Lipinski definition) is 3. The maximum absolute atomic E-state index is 11.6. The van der Waals surface area contributed by atoms with Crippen LogP contribution in [0, 0.1) is 5.92 Å². The maximum atomic E-state index is 11.6. The number of aliphatic imine (C=N–C) groups is 1. The molecule has 1 aromatic heterocycles. The van der Waals surface area contributed by atoms with Gasteiger partial charge < -0.3 is 26.2 Å². The first-order valence-electron chi connectivity index (χ1n) is 11.7. The highest BCUT2D eigenvalue weighted by Gasteiger charge is 2.26. The van der Waals surface area contributed by atoms with Crippen LogP contribution in [0.25, 0.3) is 0 Å². The highest BCUT2D eigenvalue weighted by Crippen LogP contribution is 2.24. The van der Waals surface area contributed by atoms with E-state index in [-0.39, 0.29) is 35.8 Å². The molecule has 2 saturated heterocycles. The lowest BCUT2D eigenvalue weighted by atomic mass is 9.97. The number of piperidine rings is 2. The Bertz CT molecular complexity index is 745. The number of carbonyl (C=O) groups is 1. The number of rotatable bonds is 8. The molecule has 0 saturated carbocycles. The Labute approximate surface area is 209 Å². The topological polar surface area (TPSA) is 98.9 Å². The fourth-order valence-corrected chi connectivity index (χ4v) is 4.63. The summed E-state index contributed by atoms with van der Waals surface area (Å²) in [5.74, 6) is 1.41. The van der Waals surface area contributed by atoms with Gasteiger partial charge in [-0.05, 0) is 51.6 Å². The Morgan fingerprint density at radius 3 is 2.84 bits per heavy atom.